The van der Waals surface area contributed by atoms with Crippen LogP contribution in [0.3, 0.4) is 0 Å². The van der Waals surface area contributed by atoms with Crippen molar-refractivity contribution in [3.05, 3.63) is 210 Å². The predicted octanol–water partition coefficient (Wildman–Crippen LogP) is 16.8. The number of aryl methyl sites for hydroxylation is 1. The van der Waals surface area contributed by atoms with Crippen LogP contribution in [0.25, 0.3) is 66.2 Å². The average molecular weight is 841 g/mol. The van der Waals surface area contributed by atoms with Crippen LogP contribution in [0.1, 0.15) is 81.4 Å². The Labute approximate surface area is 383 Å². The van der Waals surface area contributed by atoms with Gasteiger partial charge in [-0.3, -0.25) is 0 Å². The van der Waals surface area contributed by atoms with Gasteiger partial charge in [-0.2, -0.15) is 0 Å². The second kappa shape index (κ2) is 15.2. The van der Waals surface area contributed by atoms with Crippen LogP contribution in [-0.4, -0.2) is 4.57 Å². The van der Waals surface area contributed by atoms with E-state index in [-0.39, 0.29) is 0 Å². The molecule has 0 spiro atoms. The molecule has 7 aromatic carbocycles. The van der Waals surface area contributed by atoms with Gasteiger partial charge in [0.2, 0.25) is 0 Å². The number of rotatable bonds is 6. The summed E-state index contributed by atoms with van der Waals surface area (Å²) in [5, 5.41) is 7.99. The fraction of sp³-hybridized carbons (Fsp3) is 0.238. The zero-order chi connectivity index (χ0) is 43.2. The van der Waals surface area contributed by atoms with Gasteiger partial charge in [0.1, 0.15) is 0 Å². The van der Waals surface area contributed by atoms with Crippen LogP contribution >= 0.6 is 0 Å². The molecule has 5 aliphatic rings. The minimum Gasteiger partial charge on any atom is -0.315 e. The molecule has 1 saturated carbocycles. The number of aromatic nitrogens is 1. The van der Waals surface area contributed by atoms with Crippen LogP contribution in [0.5, 0.6) is 0 Å². The third-order valence-corrected chi connectivity index (χ3v) is 16.5. The number of allylic oxidation sites excluding steroid dienone is 8. The van der Waals surface area contributed by atoms with E-state index in [1.807, 2.05) is 0 Å². The van der Waals surface area contributed by atoms with Gasteiger partial charge in [0.15, 0.2) is 0 Å². The first-order chi connectivity index (χ1) is 32.0. The van der Waals surface area contributed by atoms with Gasteiger partial charge < -0.3 is 9.47 Å². The number of para-hydroxylation sites is 1. The highest BCUT2D eigenvalue weighted by atomic mass is 15.2. The van der Waals surface area contributed by atoms with Gasteiger partial charge in [-0.25, -0.2) is 0 Å². The van der Waals surface area contributed by atoms with Gasteiger partial charge in [-0.05, 0) is 179 Å². The Morgan fingerprint density at radius 1 is 0.631 bits per heavy atom. The van der Waals surface area contributed by atoms with E-state index in [1.165, 1.54) is 113 Å². The van der Waals surface area contributed by atoms with E-state index in [2.05, 4.69) is 205 Å². The first-order valence-electron chi connectivity index (χ1n) is 24.4. The van der Waals surface area contributed by atoms with Crippen LogP contribution in [0, 0.1) is 23.2 Å². The fourth-order valence-electron chi connectivity index (χ4n) is 13.3. The van der Waals surface area contributed by atoms with E-state index in [4.69, 9.17) is 0 Å². The van der Waals surface area contributed by atoms with Gasteiger partial charge >= 0.3 is 0 Å². The van der Waals surface area contributed by atoms with Gasteiger partial charge in [-0.1, -0.05) is 147 Å². The van der Waals surface area contributed by atoms with Crippen molar-refractivity contribution in [2.45, 2.75) is 71.1 Å². The lowest BCUT2D eigenvalue weighted by Crippen LogP contribution is -2.33. The average Bonchev–Trinajstić information content (AvgIpc) is 3.80. The minimum atomic E-state index is 0.294. The molecule has 1 aromatic heterocycles. The van der Waals surface area contributed by atoms with Crippen LogP contribution in [-0.2, 0) is 6.42 Å². The van der Waals surface area contributed by atoms with Crippen LogP contribution in [0.4, 0.5) is 5.69 Å². The van der Waals surface area contributed by atoms with Crippen LogP contribution in [0.2, 0.25) is 0 Å². The number of nitrogens with zero attached hydrogens (tertiary/aromatic N) is 2. The summed E-state index contributed by atoms with van der Waals surface area (Å²) in [5.41, 5.74) is 16.5. The summed E-state index contributed by atoms with van der Waals surface area (Å²) in [7, 11) is 0. The van der Waals surface area contributed by atoms with Gasteiger partial charge in [0, 0.05) is 39.5 Å². The van der Waals surface area contributed by atoms with E-state index in [1.54, 1.807) is 5.57 Å². The lowest BCUT2D eigenvalue weighted by atomic mass is 9.69. The Balaban J connectivity index is 0.868. The smallest absolute Gasteiger partial charge is 0.0544 e. The quantitative estimate of drug-likeness (QED) is 0.120. The van der Waals surface area contributed by atoms with E-state index in [0.717, 1.165) is 38.0 Å². The van der Waals surface area contributed by atoms with E-state index >= 15 is 0 Å². The number of hydrogen-bond acceptors (Lipinski definition) is 1. The van der Waals surface area contributed by atoms with Crippen LogP contribution < -0.4 is 4.90 Å². The van der Waals surface area contributed by atoms with Crippen molar-refractivity contribution < 1.29 is 0 Å². The molecular weight excluding hydrogens is 785 g/mol. The maximum atomic E-state index is 2.64. The van der Waals surface area contributed by atoms with Crippen molar-refractivity contribution in [3.63, 3.8) is 0 Å². The van der Waals surface area contributed by atoms with Crippen LogP contribution in [0.15, 0.2) is 193 Å². The first kappa shape index (κ1) is 38.8. The molecule has 1 fully saturated rings. The molecule has 318 valence electrons. The molecule has 2 heteroatoms. The van der Waals surface area contributed by atoms with Gasteiger partial charge in [0.05, 0.1) is 11.0 Å². The molecule has 0 aliphatic heterocycles. The molecule has 4 atom stereocenters. The third-order valence-electron chi connectivity index (χ3n) is 16.5. The standard InChI is InChI=1S/C63H56N2/c1-63(2)59-24-11-9-22-54(59)55-35-34-50(40-60(55)63)64(48-32-28-42(29-33-48)57-38-46-16-5-6-19-51(46)52-20-7-8-21-53(52)57)47-30-26-41(27-31-47)43-17-13-18-49(36-43)65-61-25-12-10-23-56(61)58-37-44-14-3-4-15-45(44)39-62(58)65/h3,5-8,10,12-14,16-23,25-28,30-34,36-39,42,55,59-60H,4,9,11,15,24,29,35,40H2,1-2H3. The molecule has 5 aliphatic carbocycles. The number of hydrogen-bond donors (Lipinski definition) is 0. The summed E-state index contributed by atoms with van der Waals surface area (Å²) >= 11 is 0. The predicted molar refractivity (Wildman–Crippen MR) is 276 cm³/mol. The largest absolute Gasteiger partial charge is 0.315 e. The molecule has 8 aromatic rings. The van der Waals surface area contributed by atoms with Gasteiger partial charge in [0.25, 0.3) is 0 Å². The Bertz CT molecular complexity index is 3380. The number of anilines is 1. The second-order valence-electron chi connectivity index (χ2n) is 20.2. The fourth-order valence-corrected chi connectivity index (χ4v) is 13.3. The summed E-state index contributed by atoms with van der Waals surface area (Å²) < 4.78 is 2.48. The molecule has 0 bridgehead atoms. The SMILES string of the molecule is CC1(C)C2CCCC=C2C2CC=C(N(C3=CCC(c4cc5ccccc5c5ccccc45)C=C3)c3ccc(-c4cccc(-n5c6ccccc6c6cc7c(cc65)CCC=C7)c4)cc3)CC21. The molecule has 2 nitrogen and oxygen atoms in total. The second-order valence-corrected chi connectivity index (χ2v) is 20.2. The molecule has 0 N–H and O–H groups in total. The Hall–Kier alpha value is -6.64. The van der Waals surface area contributed by atoms with Crippen molar-refractivity contribution >= 4 is 55.1 Å². The van der Waals surface area contributed by atoms with Crippen molar-refractivity contribution in [1.82, 2.24) is 4.57 Å². The summed E-state index contributed by atoms with van der Waals surface area (Å²) in [4.78, 5) is 2.63. The zero-order valence-electron chi connectivity index (χ0n) is 37.7. The maximum absolute atomic E-state index is 2.64. The Kier molecular flexibility index (Phi) is 9.09. The van der Waals surface area contributed by atoms with Gasteiger partial charge in [-0.15, -0.1) is 0 Å². The molecule has 4 unspecified atom stereocenters. The highest BCUT2D eigenvalue weighted by molar-refractivity contribution is 6.11. The van der Waals surface area contributed by atoms with Crippen molar-refractivity contribution in [2.75, 3.05) is 4.90 Å². The zero-order valence-corrected chi connectivity index (χ0v) is 37.7. The summed E-state index contributed by atoms with van der Waals surface area (Å²) in [5.74, 6) is 2.36. The van der Waals surface area contributed by atoms with E-state index in [9.17, 15) is 0 Å². The molecule has 0 saturated heterocycles. The number of fused-ring (bicyclic) bond motifs is 10. The molecule has 65 heavy (non-hydrogen) atoms. The van der Waals surface area contributed by atoms with Crippen molar-refractivity contribution in [1.29, 1.82) is 0 Å². The summed E-state index contributed by atoms with van der Waals surface area (Å²) in [6, 6.07) is 52.8. The molecule has 13 rings (SSSR count). The third kappa shape index (κ3) is 6.28. The summed E-state index contributed by atoms with van der Waals surface area (Å²) in [6.45, 7) is 5.17. The maximum Gasteiger partial charge on any atom is 0.0544 e. The molecule has 1 heterocycles. The topological polar surface area (TPSA) is 8.17 Å². The molecule has 0 amide bonds. The Morgan fingerprint density at radius 3 is 2.31 bits per heavy atom. The number of benzene rings is 7. The van der Waals surface area contributed by atoms with E-state index < -0.39 is 0 Å². The summed E-state index contributed by atoms with van der Waals surface area (Å²) in [6.07, 6.45) is 26.7. The Morgan fingerprint density at radius 2 is 1.45 bits per heavy atom. The first-order valence-corrected chi connectivity index (χ1v) is 24.4. The molecule has 0 radical (unpaired) electrons. The lowest BCUT2D eigenvalue weighted by Gasteiger charge is -2.40. The monoisotopic (exact) mass is 840 g/mol. The highest BCUT2D eigenvalue weighted by Crippen LogP contribution is 2.62. The van der Waals surface area contributed by atoms with E-state index in [0.29, 0.717) is 23.2 Å². The lowest BCUT2D eigenvalue weighted by molar-refractivity contribution is 0.156. The minimum absolute atomic E-state index is 0.294. The normalized spacial score (nSPS) is 22.1. The highest BCUT2D eigenvalue weighted by Gasteiger charge is 2.53. The van der Waals surface area contributed by atoms with Crippen molar-refractivity contribution in [3.8, 4) is 16.8 Å². The van der Waals surface area contributed by atoms with Crippen molar-refractivity contribution in [2.24, 2.45) is 23.2 Å². The molecular formula is C63H56N2.